The Labute approximate surface area is 171 Å². The van der Waals surface area contributed by atoms with Crippen molar-refractivity contribution in [1.29, 1.82) is 0 Å². The van der Waals surface area contributed by atoms with Gasteiger partial charge in [-0.1, -0.05) is 54.1 Å². The maximum Gasteiger partial charge on any atom is 0.363 e. The highest BCUT2D eigenvalue weighted by atomic mass is 35.5. The van der Waals surface area contributed by atoms with Gasteiger partial charge in [-0.05, 0) is 42.0 Å². The Morgan fingerprint density at radius 2 is 1.72 bits per heavy atom. The van der Waals surface area contributed by atoms with Crippen LogP contribution in [0.15, 0.2) is 83.5 Å². The third-order valence-electron chi connectivity index (χ3n) is 4.24. The Morgan fingerprint density at radius 3 is 2.52 bits per heavy atom. The fourth-order valence-corrected chi connectivity index (χ4v) is 3.00. The lowest BCUT2D eigenvalue weighted by Gasteiger charge is -2.09. The normalized spacial score (nSPS) is 14.6. The average molecular weight is 408 g/mol. The van der Waals surface area contributed by atoms with E-state index in [4.69, 9.17) is 21.1 Å². The van der Waals surface area contributed by atoms with Crippen molar-refractivity contribution in [3.8, 4) is 5.75 Å². The van der Waals surface area contributed by atoms with Gasteiger partial charge in [0.25, 0.3) is 0 Å². The van der Waals surface area contributed by atoms with Crippen LogP contribution in [0.4, 0.5) is 4.39 Å². The van der Waals surface area contributed by atoms with Gasteiger partial charge in [0.2, 0.25) is 5.90 Å². The molecule has 0 N–H and O–H groups in total. The summed E-state index contributed by atoms with van der Waals surface area (Å²) in [6.45, 7) is 0.263. The first-order valence-corrected chi connectivity index (χ1v) is 9.22. The number of carbonyl (C=O) groups is 1. The lowest BCUT2D eigenvalue weighted by Crippen LogP contribution is -2.05. The second-order valence-electron chi connectivity index (χ2n) is 6.27. The number of cyclic esters (lactones) is 1. The highest BCUT2D eigenvalue weighted by Crippen LogP contribution is 2.27. The second-order valence-corrected chi connectivity index (χ2v) is 6.68. The Bertz CT molecular complexity index is 1120. The van der Waals surface area contributed by atoms with Crippen molar-refractivity contribution >= 4 is 29.5 Å². The molecule has 0 amide bonds. The highest BCUT2D eigenvalue weighted by Gasteiger charge is 2.25. The van der Waals surface area contributed by atoms with Gasteiger partial charge in [-0.25, -0.2) is 14.2 Å². The van der Waals surface area contributed by atoms with Crippen molar-refractivity contribution in [3.63, 3.8) is 0 Å². The van der Waals surface area contributed by atoms with Crippen molar-refractivity contribution in [2.45, 2.75) is 6.61 Å². The lowest BCUT2D eigenvalue weighted by molar-refractivity contribution is -0.129. The molecule has 0 atom stereocenters. The molecule has 1 aliphatic rings. The van der Waals surface area contributed by atoms with Crippen molar-refractivity contribution in [2.75, 3.05) is 0 Å². The first-order chi connectivity index (χ1) is 14.1. The monoisotopic (exact) mass is 407 g/mol. The molecule has 144 valence electrons. The number of halogens is 2. The summed E-state index contributed by atoms with van der Waals surface area (Å²) in [7, 11) is 0. The quantitative estimate of drug-likeness (QED) is 0.420. The summed E-state index contributed by atoms with van der Waals surface area (Å²) in [5.74, 6) is -0.130. The number of nitrogens with zero attached hydrogens (tertiary/aromatic N) is 1. The van der Waals surface area contributed by atoms with Crippen LogP contribution in [0.1, 0.15) is 16.7 Å². The van der Waals surface area contributed by atoms with Gasteiger partial charge in [0, 0.05) is 5.56 Å². The van der Waals surface area contributed by atoms with Crippen molar-refractivity contribution in [2.24, 2.45) is 4.99 Å². The van der Waals surface area contributed by atoms with E-state index < -0.39 is 5.97 Å². The van der Waals surface area contributed by atoms with Crippen LogP contribution in [0.2, 0.25) is 5.02 Å². The molecule has 0 unspecified atom stereocenters. The van der Waals surface area contributed by atoms with Gasteiger partial charge in [0.1, 0.15) is 18.2 Å². The van der Waals surface area contributed by atoms with Gasteiger partial charge >= 0.3 is 5.97 Å². The van der Waals surface area contributed by atoms with Gasteiger partial charge in [-0.15, -0.1) is 0 Å². The van der Waals surface area contributed by atoms with E-state index in [9.17, 15) is 9.18 Å². The molecular weight excluding hydrogens is 393 g/mol. The fraction of sp³-hybridized carbons (Fsp3) is 0.0435. The number of aliphatic imine (C=N–C) groups is 1. The number of ether oxygens (including phenoxy) is 2. The Morgan fingerprint density at radius 1 is 1.00 bits per heavy atom. The molecule has 29 heavy (non-hydrogen) atoms. The SMILES string of the molecule is O=C1OC(c2ccccc2Cl)=N/C1=C\c1ccccc1OCc1ccc(F)cc1. The molecule has 4 rings (SSSR count). The molecule has 0 aliphatic carbocycles. The zero-order chi connectivity index (χ0) is 20.2. The maximum absolute atomic E-state index is 13.0. The lowest BCUT2D eigenvalue weighted by atomic mass is 10.1. The molecule has 6 heteroatoms. The Balaban J connectivity index is 1.58. The minimum atomic E-state index is -0.562. The zero-order valence-electron chi connectivity index (χ0n) is 15.1. The van der Waals surface area contributed by atoms with Gasteiger partial charge in [-0.3, -0.25) is 0 Å². The molecule has 0 fully saturated rings. The van der Waals surface area contributed by atoms with Crippen LogP contribution in [0.5, 0.6) is 5.75 Å². The number of benzene rings is 3. The summed E-state index contributed by atoms with van der Waals surface area (Å²) in [5, 5.41) is 0.448. The smallest absolute Gasteiger partial charge is 0.363 e. The number of rotatable bonds is 5. The van der Waals surface area contributed by atoms with Crippen LogP contribution in [0.3, 0.4) is 0 Å². The second kappa shape index (κ2) is 8.29. The molecule has 0 radical (unpaired) electrons. The summed E-state index contributed by atoms with van der Waals surface area (Å²) in [6, 6.07) is 20.3. The van der Waals surface area contributed by atoms with Crippen molar-refractivity contribution in [3.05, 3.63) is 106 Å². The molecule has 0 bridgehead atoms. The van der Waals surface area contributed by atoms with Crippen LogP contribution >= 0.6 is 11.6 Å². The van der Waals surface area contributed by atoms with Gasteiger partial charge in [0.05, 0.1) is 10.6 Å². The molecule has 4 nitrogen and oxygen atoms in total. The highest BCUT2D eigenvalue weighted by molar-refractivity contribution is 6.34. The standard InChI is InChI=1S/C23H15ClFNO3/c24-19-7-3-2-6-18(19)22-26-20(23(27)29-22)13-16-5-1-4-8-21(16)28-14-15-9-11-17(25)12-10-15/h1-13H,14H2/b20-13-. The first-order valence-electron chi connectivity index (χ1n) is 8.84. The molecule has 3 aromatic rings. The summed E-state index contributed by atoms with van der Waals surface area (Å²) in [5.41, 5.74) is 2.20. The van der Waals surface area contributed by atoms with E-state index >= 15 is 0 Å². The molecule has 0 aromatic heterocycles. The average Bonchev–Trinajstić information content (AvgIpc) is 3.09. The number of hydrogen-bond acceptors (Lipinski definition) is 4. The number of esters is 1. The van der Waals surface area contributed by atoms with Crippen LogP contribution in [0.25, 0.3) is 6.08 Å². The van der Waals surface area contributed by atoms with Crippen molar-refractivity contribution in [1.82, 2.24) is 0 Å². The fourth-order valence-electron chi connectivity index (χ4n) is 2.78. The van der Waals surface area contributed by atoms with Crippen LogP contribution < -0.4 is 4.74 Å². The van der Waals surface area contributed by atoms with E-state index in [1.165, 1.54) is 12.1 Å². The van der Waals surface area contributed by atoms with Crippen LogP contribution in [-0.2, 0) is 16.1 Å². The zero-order valence-corrected chi connectivity index (χ0v) is 15.9. The van der Waals surface area contributed by atoms with Crippen LogP contribution in [-0.4, -0.2) is 11.9 Å². The van der Waals surface area contributed by atoms with E-state index in [2.05, 4.69) is 4.99 Å². The summed E-state index contributed by atoms with van der Waals surface area (Å²) >= 11 is 6.16. The number of carbonyl (C=O) groups excluding carboxylic acids is 1. The van der Waals surface area contributed by atoms with Gasteiger partial charge < -0.3 is 9.47 Å². The third kappa shape index (κ3) is 4.36. The molecule has 0 spiro atoms. The summed E-state index contributed by atoms with van der Waals surface area (Å²) in [4.78, 5) is 16.6. The van der Waals surface area contributed by atoms with Gasteiger partial charge in [0.15, 0.2) is 5.70 Å². The molecule has 0 saturated heterocycles. The minimum Gasteiger partial charge on any atom is -0.488 e. The molecule has 0 saturated carbocycles. The maximum atomic E-state index is 13.0. The number of hydrogen-bond donors (Lipinski definition) is 0. The first kappa shape index (κ1) is 18.9. The predicted molar refractivity (Wildman–Crippen MR) is 109 cm³/mol. The third-order valence-corrected chi connectivity index (χ3v) is 4.57. The minimum absolute atomic E-state index is 0.151. The molecule has 1 heterocycles. The molecular formula is C23H15ClFNO3. The van der Waals surface area contributed by atoms with Gasteiger partial charge in [-0.2, -0.15) is 0 Å². The number of para-hydroxylation sites is 1. The topological polar surface area (TPSA) is 47.9 Å². The van der Waals surface area contributed by atoms with E-state index in [-0.39, 0.29) is 24.0 Å². The predicted octanol–water partition coefficient (Wildman–Crippen LogP) is 5.40. The Kier molecular flexibility index (Phi) is 5.40. The molecule has 1 aliphatic heterocycles. The summed E-state index contributed by atoms with van der Waals surface area (Å²) in [6.07, 6.45) is 1.60. The van der Waals surface area contributed by atoms with E-state index in [0.29, 0.717) is 21.9 Å². The summed E-state index contributed by atoms with van der Waals surface area (Å²) < 4.78 is 24.2. The molecule has 3 aromatic carbocycles. The van der Waals surface area contributed by atoms with Crippen molar-refractivity contribution < 1.29 is 18.7 Å². The van der Waals surface area contributed by atoms with E-state index in [1.54, 1.807) is 48.5 Å². The van der Waals surface area contributed by atoms with Crippen LogP contribution in [0, 0.1) is 5.82 Å². The largest absolute Gasteiger partial charge is 0.488 e. The Hall–Kier alpha value is -3.44. The van der Waals surface area contributed by atoms with E-state index in [0.717, 1.165) is 5.56 Å². The van der Waals surface area contributed by atoms with E-state index in [1.807, 2.05) is 18.2 Å².